The summed E-state index contributed by atoms with van der Waals surface area (Å²) < 4.78 is 15.1. The first kappa shape index (κ1) is 65.2. The molecule has 5 aliphatic rings. The fourth-order valence-electron chi connectivity index (χ4n) is 20.8. The zero-order chi connectivity index (χ0) is 75.8. The van der Waals surface area contributed by atoms with Gasteiger partial charge in [0.15, 0.2) is 0 Å². The predicted molar refractivity (Wildman–Crippen MR) is 474 cm³/mol. The van der Waals surface area contributed by atoms with Crippen molar-refractivity contribution in [3.05, 3.63) is 456 Å². The highest BCUT2D eigenvalue weighted by atomic mass is 16.5. The Balaban J connectivity index is 0.621. The average Bonchev–Trinajstić information content (AvgIpc) is 1.56. The molecular weight excluding hydrogens is 1390 g/mol. The third kappa shape index (κ3) is 9.25. The van der Waals surface area contributed by atoms with Gasteiger partial charge in [0, 0.05) is 83.1 Å². The number of fused-ring (bicyclic) bond motifs is 29. The molecule has 0 bridgehead atoms. The van der Waals surface area contributed by atoms with Crippen molar-refractivity contribution in [3.8, 4) is 89.8 Å². The number of hydrogen-bond donors (Lipinski definition) is 0. The zero-order valence-electron chi connectivity index (χ0n) is 63.3. The normalized spacial score (nSPS) is 14.8. The van der Waals surface area contributed by atoms with Gasteiger partial charge >= 0.3 is 0 Å². The fourth-order valence-corrected chi connectivity index (χ4v) is 20.8. The molecular formula is C111H72N2O2. The summed E-state index contributed by atoms with van der Waals surface area (Å²) in [6.45, 7) is 4.76. The monoisotopic (exact) mass is 1460 g/mol. The van der Waals surface area contributed by atoms with Gasteiger partial charge in [-0.15, -0.1) is 0 Å². The van der Waals surface area contributed by atoms with Crippen molar-refractivity contribution in [2.45, 2.75) is 30.1 Å². The molecule has 4 nitrogen and oxygen atoms in total. The van der Waals surface area contributed by atoms with E-state index in [2.05, 4.69) is 424 Å². The summed E-state index contributed by atoms with van der Waals surface area (Å²) in [6, 6.07) is 149. The minimum absolute atomic E-state index is 0.207. The van der Waals surface area contributed by atoms with E-state index in [0.29, 0.717) is 0 Å². The lowest BCUT2D eigenvalue weighted by Gasteiger charge is -2.40. The molecule has 0 radical (unpaired) electrons. The maximum atomic E-state index is 7.72. The highest BCUT2D eigenvalue weighted by Crippen LogP contribution is 2.69. The second kappa shape index (κ2) is 24.7. The number of rotatable bonds is 9. The van der Waals surface area contributed by atoms with Gasteiger partial charge in [0.2, 0.25) is 0 Å². The van der Waals surface area contributed by atoms with Crippen LogP contribution in [0.3, 0.4) is 0 Å². The molecule has 2 heterocycles. The van der Waals surface area contributed by atoms with Gasteiger partial charge in [-0.1, -0.05) is 347 Å². The van der Waals surface area contributed by atoms with Gasteiger partial charge < -0.3 is 19.3 Å². The van der Waals surface area contributed by atoms with E-state index >= 15 is 0 Å². The summed E-state index contributed by atoms with van der Waals surface area (Å²) in [5.74, 6) is 3.57. The Hall–Kier alpha value is -14.6. The molecule has 19 aromatic carbocycles. The smallest absolute Gasteiger partial charge is 0.140 e. The molecule has 0 fully saturated rings. The topological polar surface area (TPSA) is 24.9 Å². The van der Waals surface area contributed by atoms with Crippen LogP contribution in [-0.4, -0.2) is 0 Å². The van der Waals surface area contributed by atoms with Crippen LogP contribution in [0.2, 0.25) is 0 Å². The summed E-state index contributed by atoms with van der Waals surface area (Å²) >= 11 is 0. The third-order valence-electron chi connectivity index (χ3n) is 26.0. The zero-order valence-corrected chi connectivity index (χ0v) is 63.3. The highest BCUT2D eigenvalue weighted by Gasteiger charge is 2.55. The van der Waals surface area contributed by atoms with E-state index < -0.39 is 10.8 Å². The minimum Gasteiger partial charge on any atom is -0.455 e. The van der Waals surface area contributed by atoms with E-state index in [0.717, 1.165) is 145 Å². The van der Waals surface area contributed by atoms with Crippen molar-refractivity contribution in [3.63, 3.8) is 0 Å². The fraction of sp³-hybridized carbons (Fsp3) is 0.0450. The molecule has 1 atom stereocenters. The number of nitrogens with zero attached hydrogens (tertiary/aromatic N) is 2. The molecule has 2 aliphatic heterocycles. The van der Waals surface area contributed by atoms with Gasteiger partial charge in [-0.2, -0.15) is 0 Å². The average molecular weight is 1470 g/mol. The summed E-state index contributed by atoms with van der Waals surface area (Å²) in [4.78, 5) is 4.97. The van der Waals surface area contributed by atoms with Crippen molar-refractivity contribution in [1.29, 1.82) is 0 Å². The van der Waals surface area contributed by atoms with Gasteiger partial charge in [0.05, 0.1) is 22.2 Å². The maximum absolute atomic E-state index is 7.72. The van der Waals surface area contributed by atoms with Crippen LogP contribution in [0.1, 0.15) is 69.5 Å². The lowest BCUT2D eigenvalue weighted by atomic mass is 9.65. The first-order chi connectivity index (χ1) is 56.8. The van der Waals surface area contributed by atoms with E-state index in [1.54, 1.807) is 0 Å². The van der Waals surface area contributed by atoms with Crippen molar-refractivity contribution >= 4 is 77.2 Å². The first-order valence-corrected chi connectivity index (χ1v) is 40.0. The Kier molecular flexibility index (Phi) is 14.0. The van der Waals surface area contributed by atoms with Crippen LogP contribution in [0.25, 0.3) is 110 Å². The Labute approximate surface area is 667 Å². The summed E-state index contributed by atoms with van der Waals surface area (Å²) in [6.07, 6.45) is 0. The van der Waals surface area contributed by atoms with Crippen LogP contribution in [0.15, 0.2) is 400 Å². The Morgan fingerprint density at radius 2 is 0.530 bits per heavy atom. The Morgan fingerprint density at radius 1 is 0.200 bits per heavy atom. The summed E-state index contributed by atoms with van der Waals surface area (Å²) in [5.41, 5.74) is 31.3. The molecule has 1 unspecified atom stereocenters. The Morgan fingerprint density at radius 3 is 1.03 bits per heavy atom. The molecule has 3 aliphatic carbocycles. The quantitative estimate of drug-likeness (QED) is 0.144. The lowest BCUT2D eigenvalue weighted by molar-refractivity contribution is 0.447. The maximum Gasteiger partial charge on any atom is 0.140 e. The van der Waals surface area contributed by atoms with E-state index in [4.69, 9.17) is 9.47 Å². The van der Waals surface area contributed by atoms with Crippen molar-refractivity contribution in [2.24, 2.45) is 0 Å². The largest absolute Gasteiger partial charge is 0.455 e. The molecule has 0 aromatic heterocycles. The number of benzene rings is 19. The van der Waals surface area contributed by atoms with E-state index in [-0.39, 0.29) is 5.41 Å². The van der Waals surface area contributed by atoms with Gasteiger partial charge in [0.1, 0.15) is 23.0 Å². The minimum atomic E-state index is -0.787. The lowest BCUT2D eigenvalue weighted by Crippen LogP contribution is -2.32. The van der Waals surface area contributed by atoms with Gasteiger partial charge in [-0.05, 0) is 177 Å². The number of para-hydroxylation sites is 1. The third-order valence-corrected chi connectivity index (χ3v) is 26.0. The number of ether oxygens (including phenoxy) is 2. The molecule has 2 spiro atoms. The van der Waals surface area contributed by atoms with Crippen LogP contribution >= 0.6 is 0 Å². The second-order valence-corrected chi connectivity index (χ2v) is 32.0. The number of anilines is 6. The molecule has 0 amide bonds. The van der Waals surface area contributed by atoms with E-state index in [9.17, 15) is 0 Å². The molecule has 0 saturated heterocycles. The van der Waals surface area contributed by atoms with Gasteiger partial charge in [0.25, 0.3) is 0 Å². The van der Waals surface area contributed by atoms with Gasteiger partial charge in [-0.25, -0.2) is 0 Å². The summed E-state index contributed by atoms with van der Waals surface area (Å²) in [7, 11) is 0. The molecule has 24 rings (SSSR count). The van der Waals surface area contributed by atoms with Crippen molar-refractivity contribution in [2.75, 3.05) is 9.80 Å². The van der Waals surface area contributed by atoms with Crippen molar-refractivity contribution < 1.29 is 9.47 Å². The van der Waals surface area contributed by atoms with E-state index in [1.165, 1.54) is 77.9 Å². The first-order valence-electron chi connectivity index (χ1n) is 40.0. The standard InChI is InChI=1S/C111H72N2O2/c1-109(2)91-36-18-15-33-86(91)87-62-61-82(68-100(87)109)113(81-59-49-71(50-60-81)69-23-5-3-6-24-69)102-42-22-40-95-104(102)89-35-17-20-38-93(89)111(95)98-65-55-76-27-11-14-32-85(76)107(98)115-108-90-67-78(48-47-77(90)56-66-99(108)111)73-45-43-70(44-46-73)72-51-57-80(58-52-72)112(79-28-7-4-8-29-79)101-41-21-39-94-103(101)88-34-16-19-37-92(88)110(94)96-63-53-74-25-9-12-30-83(74)105(96)114-106-84-31-13-10-26-75(84)54-64-97(106)110/h3-68H,1-2H3. The molecule has 0 saturated carbocycles. The van der Waals surface area contributed by atoms with E-state index in [1.807, 2.05) is 0 Å². The van der Waals surface area contributed by atoms with Gasteiger partial charge in [-0.3, -0.25) is 0 Å². The van der Waals surface area contributed by atoms with Crippen LogP contribution < -0.4 is 19.3 Å². The molecule has 4 heteroatoms. The molecule has 0 N–H and O–H groups in total. The van der Waals surface area contributed by atoms with Crippen molar-refractivity contribution in [1.82, 2.24) is 0 Å². The van der Waals surface area contributed by atoms with Crippen LogP contribution in [-0.2, 0) is 16.2 Å². The molecule has 115 heavy (non-hydrogen) atoms. The molecule has 19 aromatic rings. The summed E-state index contributed by atoms with van der Waals surface area (Å²) in [5, 5.41) is 8.88. The SMILES string of the molecule is CC1(C)c2ccccc2-c2ccc(N(c3ccc(-c4ccccc4)cc3)c3cccc4c3-c3ccccc3C43c4ccc5ccccc5c4Oc4c3ccc3ccc(-c5ccc(-c6ccc(N(c7ccccc7)c7cccc8c7-c7ccccc7C87c8ccc9ccccc9c8Oc8c7ccc7ccccc87)cc6)cc5)cc43)cc21. The highest BCUT2D eigenvalue weighted by molar-refractivity contribution is 6.07. The Bertz CT molecular complexity index is 7220. The number of hydrogen-bond acceptors (Lipinski definition) is 4. The predicted octanol–water partition coefficient (Wildman–Crippen LogP) is 29.5. The second-order valence-electron chi connectivity index (χ2n) is 32.0. The molecule has 538 valence electrons. The van der Waals surface area contributed by atoms with Crippen LogP contribution in [0, 0.1) is 0 Å². The van der Waals surface area contributed by atoms with Crippen LogP contribution in [0.4, 0.5) is 34.1 Å². The van der Waals surface area contributed by atoms with Crippen LogP contribution in [0.5, 0.6) is 23.0 Å².